The maximum Gasteiger partial charge on any atom is 0.252 e. The van der Waals surface area contributed by atoms with Crippen LogP contribution in [0.3, 0.4) is 0 Å². The van der Waals surface area contributed by atoms with Crippen molar-refractivity contribution >= 4 is 16.9 Å². The van der Waals surface area contributed by atoms with Crippen LogP contribution >= 0.6 is 0 Å². The summed E-state index contributed by atoms with van der Waals surface area (Å²) in [7, 11) is 0. The van der Waals surface area contributed by atoms with Crippen LogP contribution in [0.15, 0.2) is 42.6 Å². The number of nitrogens with zero attached hydrogens (tertiary/aromatic N) is 5. The molecule has 0 unspecified atom stereocenters. The number of para-hydroxylation sites is 1. The minimum absolute atomic E-state index is 0.139. The topological polar surface area (TPSA) is 77.6 Å². The summed E-state index contributed by atoms with van der Waals surface area (Å²) in [4.78, 5) is 17.7. The molecule has 7 heteroatoms. The van der Waals surface area contributed by atoms with Gasteiger partial charge >= 0.3 is 0 Å². The molecule has 0 atom stereocenters. The average molecular weight is 388 g/mol. The van der Waals surface area contributed by atoms with E-state index in [1.54, 1.807) is 4.68 Å². The van der Waals surface area contributed by atoms with E-state index in [-0.39, 0.29) is 5.91 Å². The molecule has 3 heterocycles. The first kappa shape index (κ1) is 18.9. The van der Waals surface area contributed by atoms with Gasteiger partial charge in [-0.2, -0.15) is 10.2 Å². The number of nitrogens with one attached hydrogen (secondary N) is 1. The third-order valence-corrected chi connectivity index (χ3v) is 5.00. The van der Waals surface area contributed by atoms with Crippen LogP contribution in [0.25, 0.3) is 16.7 Å². The van der Waals surface area contributed by atoms with Crippen LogP contribution in [0.5, 0.6) is 0 Å². The molecule has 0 aliphatic carbocycles. The molecule has 1 N–H and O–H groups in total. The van der Waals surface area contributed by atoms with Crippen molar-refractivity contribution in [2.45, 2.75) is 40.8 Å². The number of benzene rings is 1. The number of rotatable bonds is 5. The van der Waals surface area contributed by atoms with E-state index in [9.17, 15) is 4.79 Å². The van der Waals surface area contributed by atoms with E-state index in [0.717, 1.165) is 40.3 Å². The smallest absolute Gasteiger partial charge is 0.252 e. The largest absolute Gasteiger partial charge is 0.348 e. The maximum atomic E-state index is 13.1. The lowest BCUT2D eigenvalue weighted by atomic mass is 10.1. The van der Waals surface area contributed by atoms with Crippen LogP contribution in [0, 0.1) is 20.8 Å². The minimum atomic E-state index is -0.139. The second kappa shape index (κ2) is 7.50. The van der Waals surface area contributed by atoms with Gasteiger partial charge in [0.1, 0.15) is 0 Å². The SMILES string of the molecule is CCn1cc(CNC(=O)c2cc(C)nc3c2c(C)nn3-c2ccccc2)c(C)n1. The zero-order valence-electron chi connectivity index (χ0n) is 17.1. The molecule has 0 radical (unpaired) electrons. The Hall–Kier alpha value is -3.48. The summed E-state index contributed by atoms with van der Waals surface area (Å²) in [6, 6.07) is 11.7. The fourth-order valence-electron chi connectivity index (χ4n) is 3.51. The number of fused-ring (bicyclic) bond motifs is 1. The normalized spacial score (nSPS) is 11.2. The summed E-state index contributed by atoms with van der Waals surface area (Å²) in [5.74, 6) is -0.139. The molecule has 0 spiro atoms. The fourth-order valence-corrected chi connectivity index (χ4v) is 3.51. The minimum Gasteiger partial charge on any atom is -0.348 e. The Morgan fingerprint density at radius 3 is 2.52 bits per heavy atom. The van der Waals surface area contributed by atoms with Crippen LogP contribution in [0.1, 0.15) is 39.9 Å². The lowest BCUT2D eigenvalue weighted by Crippen LogP contribution is -2.23. The molecular weight excluding hydrogens is 364 g/mol. The summed E-state index contributed by atoms with van der Waals surface area (Å²) < 4.78 is 3.67. The van der Waals surface area contributed by atoms with Crippen molar-refractivity contribution in [3.63, 3.8) is 0 Å². The van der Waals surface area contributed by atoms with E-state index in [0.29, 0.717) is 17.8 Å². The summed E-state index contributed by atoms with van der Waals surface area (Å²) in [6.07, 6.45) is 1.97. The lowest BCUT2D eigenvalue weighted by Gasteiger charge is -2.08. The van der Waals surface area contributed by atoms with Crippen LogP contribution in [-0.2, 0) is 13.1 Å². The Balaban J connectivity index is 1.71. The van der Waals surface area contributed by atoms with E-state index < -0.39 is 0 Å². The Bertz CT molecular complexity index is 1190. The van der Waals surface area contributed by atoms with Crippen LogP contribution in [0.4, 0.5) is 0 Å². The van der Waals surface area contributed by atoms with E-state index in [2.05, 4.69) is 20.5 Å². The molecule has 0 aliphatic rings. The van der Waals surface area contributed by atoms with E-state index in [1.165, 1.54) is 0 Å². The van der Waals surface area contributed by atoms with Gasteiger partial charge in [0.2, 0.25) is 0 Å². The first-order chi connectivity index (χ1) is 14.0. The predicted molar refractivity (Wildman–Crippen MR) is 112 cm³/mol. The van der Waals surface area contributed by atoms with Crippen LogP contribution in [-0.4, -0.2) is 30.5 Å². The van der Waals surface area contributed by atoms with Crippen LogP contribution < -0.4 is 5.32 Å². The zero-order valence-corrected chi connectivity index (χ0v) is 17.1. The van der Waals surface area contributed by atoms with Crippen molar-refractivity contribution in [2.75, 3.05) is 0 Å². The lowest BCUT2D eigenvalue weighted by molar-refractivity contribution is 0.0952. The van der Waals surface area contributed by atoms with Gasteiger partial charge in [-0.1, -0.05) is 18.2 Å². The van der Waals surface area contributed by atoms with E-state index >= 15 is 0 Å². The number of carbonyl (C=O) groups excluding carboxylic acids is 1. The number of carbonyl (C=O) groups is 1. The van der Waals surface area contributed by atoms with Crippen LogP contribution in [0.2, 0.25) is 0 Å². The third-order valence-electron chi connectivity index (χ3n) is 5.00. The summed E-state index contributed by atoms with van der Waals surface area (Å²) in [5, 5.41) is 12.9. The first-order valence-electron chi connectivity index (χ1n) is 9.71. The third kappa shape index (κ3) is 3.51. The highest BCUT2D eigenvalue weighted by atomic mass is 16.1. The van der Waals surface area contributed by atoms with Gasteiger partial charge in [0, 0.05) is 30.5 Å². The number of hydrogen-bond donors (Lipinski definition) is 1. The number of aryl methyl sites for hydroxylation is 4. The molecule has 4 aromatic rings. The van der Waals surface area contributed by atoms with Gasteiger partial charge in [0.15, 0.2) is 5.65 Å². The predicted octanol–water partition coefficient (Wildman–Crippen LogP) is 3.49. The van der Waals surface area contributed by atoms with Gasteiger partial charge < -0.3 is 5.32 Å². The maximum absolute atomic E-state index is 13.1. The second-order valence-corrected chi connectivity index (χ2v) is 7.12. The monoisotopic (exact) mass is 388 g/mol. The van der Waals surface area contributed by atoms with Gasteiger partial charge in [0.25, 0.3) is 5.91 Å². The highest BCUT2D eigenvalue weighted by molar-refractivity contribution is 6.06. The molecule has 0 bridgehead atoms. The van der Waals surface area contributed by atoms with Crippen molar-refractivity contribution in [3.8, 4) is 5.69 Å². The molecule has 1 amide bonds. The fraction of sp³-hybridized carbons (Fsp3) is 0.273. The molecule has 0 fully saturated rings. The van der Waals surface area contributed by atoms with Crippen molar-refractivity contribution in [2.24, 2.45) is 0 Å². The van der Waals surface area contributed by atoms with Gasteiger partial charge in [-0.25, -0.2) is 9.67 Å². The Morgan fingerprint density at radius 2 is 1.83 bits per heavy atom. The zero-order chi connectivity index (χ0) is 20.5. The van der Waals surface area contributed by atoms with Gasteiger partial charge in [-0.05, 0) is 45.9 Å². The summed E-state index contributed by atoms with van der Waals surface area (Å²) >= 11 is 0. The van der Waals surface area contributed by atoms with Crippen molar-refractivity contribution in [1.29, 1.82) is 0 Å². The number of aromatic nitrogens is 5. The number of amides is 1. The highest BCUT2D eigenvalue weighted by Crippen LogP contribution is 2.25. The Morgan fingerprint density at radius 1 is 1.07 bits per heavy atom. The second-order valence-electron chi connectivity index (χ2n) is 7.12. The molecule has 148 valence electrons. The van der Waals surface area contributed by atoms with Gasteiger partial charge in [-0.3, -0.25) is 9.48 Å². The highest BCUT2D eigenvalue weighted by Gasteiger charge is 2.19. The Labute approximate surface area is 169 Å². The molecule has 0 saturated carbocycles. The standard InChI is InChI=1S/C22H24N6O/c1-5-27-13-17(15(3)25-27)12-23-22(29)19-11-14(2)24-21-20(19)16(4)26-28(21)18-9-7-6-8-10-18/h6-11,13H,5,12H2,1-4H3,(H,23,29). The molecule has 3 aromatic heterocycles. The first-order valence-corrected chi connectivity index (χ1v) is 9.71. The van der Waals surface area contributed by atoms with Gasteiger partial charge in [0.05, 0.1) is 28.0 Å². The molecule has 29 heavy (non-hydrogen) atoms. The van der Waals surface area contributed by atoms with Gasteiger partial charge in [-0.15, -0.1) is 0 Å². The average Bonchev–Trinajstić information content (AvgIpc) is 3.25. The van der Waals surface area contributed by atoms with E-state index in [4.69, 9.17) is 0 Å². The molecule has 0 aliphatic heterocycles. The summed E-state index contributed by atoms with van der Waals surface area (Å²) in [6.45, 7) is 9.03. The van der Waals surface area contributed by atoms with Crippen molar-refractivity contribution in [3.05, 3.63) is 70.8 Å². The number of hydrogen-bond acceptors (Lipinski definition) is 4. The van der Waals surface area contributed by atoms with Crippen molar-refractivity contribution in [1.82, 2.24) is 29.9 Å². The molecule has 0 saturated heterocycles. The number of pyridine rings is 1. The molecule has 7 nitrogen and oxygen atoms in total. The van der Waals surface area contributed by atoms with Crippen molar-refractivity contribution < 1.29 is 4.79 Å². The molecule has 1 aromatic carbocycles. The van der Waals surface area contributed by atoms with E-state index in [1.807, 2.05) is 75.0 Å². The quantitative estimate of drug-likeness (QED) is 0.568. The summed E-state index contributed by atoms with van der Waals surface area (Å²) in [5.41, 5.74) is 5.68. The Kier molecular flexibility index (Phi) is 4.88. The molecule has 4 rings (SSSR count). The molecular formula is C22H24N6O.